The Morgan fingerprint density at radius 3 is 2.04 bits per heavy atom. The highest BCUT2D eigenvalue weighted by Gasteiger charge is 2.57. The van der Waals surface area contributed by atoms with Crippen LogP contribution in [-0.2, 0) is 14.3 Å². The molecule has 4 aliphatic carbocycles. The molecule has 286 valence electrons. The first-order valence-electron chi connectivity index (χ1n) is 20.7. The zero-order chi connectivity index (χ0) is 36.0. The molecule has 50 heavy (non-hydrogen) atoms. The van der Waals surface area contributed by atoms with Crippen molar-refractivity contribution in [1.29, 1.82) is 0 Å². The summed E-state index contributed by atoms with van der Waals surface area (Å²) in [6.45, 7) is 11.4. The molecular formula is C42H73N3O5. The fourth-order valence-electron chi connectivity index (χ4n) is 10.5. The van der Waals surface area contributed by atoms with Gasteiger partial charge in [0.1, 0.15) is 6.10 Å². The van der Waals surface area contributed by atoms with E-state index in [-0.39, 0.29) is 35.7 Å². The lowest BCUT2D eigenvalue weighted by Gasteiger charge is -2.55. The van der Waals surface area contributed by atoms with Crippen LogP contribution in [-0.4, -0.2) is 66.6 Å². The zero-order valence-corrected chi connectivity index (χ0v) is 32.1. The van der Waals surface area contributed by atoms with E-state index in [2.05, 4.69) is 37.5 Å². The molecule has 4 aliphatic rings. The molecule has 0 aromatic heterocycles. The summed E-state index contributed by atoms with van der Waals surface area (Å²) in [6, 6.07) is 0. The third-order valence-corrected chi connectivity index (χ3v) is 12.9. The minimum atomic E-state index is -0.439. The van der Waals surface area contributed by atoms with Gasteiger partial charge in [0.2, 0.25) is 5.91 Å². The maximum atomic E-state index is 14.0. The molecule has 10 atom stereocenters. The van der Waals surface area contributed by atoms with Gasteiger partial charge in [-0.15, -0.1) is 0 Å². The number of rotatable bonds is 20. The largest absolute Gasteiger partial charge is 0.458 e. The first-order valence-corrected chi connectivity index (χ1v) is 20.7. The molecule has 4 rings (SSSR count). The number of ether oxygens (including phenoxy) is 1. The number of aliphatic hydroxyl groups excluding tert-OH is 2. The molecule has 0 aliphatic heterocycles. The Labute approximate surface area is 304 Å². The number of carbonyl (C=O) groups excluding carboxylic acids is 2. The number of allylic oxidation sites excluding steroid dienone is 2. The minimum Gasteiger partial charge on any atom is -0.458 e. The van der Waals surface area contributed by atoms with Gasteiger partial charge in [0.15, 0.2) is 0 Å². The molecule has 0 aromatic carbocycles. The lowest BCUT2D eigenvalue weighted by atomic mass is 9.51. The van der Waals surface area contributed by atoms with Gasteiger partial charge in [-0.25, -0.2) is 0 Å². The summed E-state index contributed by atoms with van der Waals surface area (Å²) in [5.74, 6) is 1.75. The van der Waals surface area contributed by atoms with Crippen LogP contribution in [0.25, 0.3) is 0 Å². The molecule has 0 heterocycles. The van der Waals surface area contributed by atoms with Crippen LogP contribution in [0.1, 0.15) is 143 Å². The van der Waals surface area contributed by atoms with E-state index < -0.39 is 12.2 Å². The number of nitrogens with two attached hydrogens (primary N) is 1. The van der Waals surface area contributed by atoms with Crippen molar-refractivity contribution < 1.29 is 24.5 Å². The summed E-state index contributed by atoms with van der Waals surface area (Å²) >= 11 is 0. The van der Waals surface area contributed by atoms with Crippen molar-refractivity contribution in [3.05, 3.63) is 22.8 Å². The highest BCUT2D eigenvalue weighted by molar-refractivity contribution is 5.94. The van der Waals surface area contributed by atoms with Crippen LogP contribution in [0.4, 0.5) is 0 Å². The number of esters is 1. The number of hydrogen-bond donors (Lipinski definition) is 5. The Morgan fingerprint density at radius 1 is 0.780 bits per heavy atom. The van der Waals surface area contributed by atoms with E-state index in [9.17, 15) is 19.8 Å². The van der Waals surface area contributed by atoms with Crippen LogP contribution in [0, 0.1) is 41.4 Å². The number of unbranched alkanes of at least 4 members (excludes halogenated alkanes) is 8. The van der Waals surface area contributed by atoms with Crippen LogP contribution in [0.3, 0.4) is 0 Å². The predicted octanol–water partition coefficient (Wildman–Crippen LogP) is 6.98. The second-order valence-corrected chi connectivity index (χ2v) is 16.6. The fourth-order valence-corrected chi connectivity index (χ4v) is 10.5. The molecule has 0 spiro atoms. The summed E-state index contributed by atoms with van der Waals surface area (Å²) in [6.07, 6.45) is 19.6. The van der Waals surface area contributed by atoms with Gasteiger partial charge < -0.3 is 31.3 Å². The van der Waals surface area contributed by atoms with E-state index in [1.807, 2.05) is 0 Å². The Kier molecular flexibility index (Phi) is 17.3. The highest BCUT2D eigenvalue weighted by atomic mass is 16.5. The number of nitrogens with one attached hydrogen (secondary N) is 2. The van der Waals surface area contributed by atoms with Crippen molar-refractivity contribution in [2.45, 2.75) is 162 Å². The van der Waals surface area contributed by atoms with Crippen molar-refractivity contribution in [1.82, 2.24) is 10.6 Å². The Hall–Kier alpha value is -1.74. The maximum Gasteiger partial charge on any atom is 0.303 e. The molecule has 1 amide bonds. The lowest BCUT2D eigenvalue weighted by molar-refractivity contribution is -0.145. The Morgan fingerprint density at radius 2 is 1.38 bits per heavy atom. The van der Waals surface area contributed by atoms with Crippen LogP contribution in [0.15, 0.2) is 22.8 Å². The second kappa shape index (κ2) is 21.1. The topological polar surface area (TPSA) is 134 Å². The standard InChI is InChI=1S/C42H73N3O5/c1-28(2)16-15-17-34(42(49)45-25-14-10-9-13-24-44-23-12-8-6-5-7-11-22-43)41-36-26-38(48)40-32-20-21-37(47)29(3)31(32)18-19-33(40)35(36)27-39(41)50-30(4)46/h16,29,31-33,35-40,44,47-48H,5-15,17-27,43H2,1-4H3,(H,45,49)/b41-34-/t29-,31?,32?,33?,35?,36?,37+,38?,39?,40?/m0/s1. The Balaban J connectivity index is 1.35. The first kappa shape index (κ1) is 41.0. The molecule has 8 nitrogen and oxygen atoms in total. The third kappa shape index (κ3) is 11.4. The van der Waals surface area contributed by atoms with Crippen LogP contribution < -0.4 is 16.4 Å². The summed E-state index contributed by atoms with van der Waals surface area (Å²) in [5, 5.41) is 29.3. The molecule has 0 radical (unpaired) electrons. The molecular weight excluding hydrogens is 626 g/mol. The maximum absolute atomic E-state index is 14.0. The fraction of sp³-hybridized carbons (Fsp3) is 0.857. The summed E-state index contributed by atoms with van der Waals surface area (Å²) in [5.41, 5.74) is 8.55. The number of fused-ring (bicyclic) bond motifs is 5. The third-order valence-electron chi connectivity index (χ3n) is 12.9. The SMILES string of the molecule is CC(=O)OC1CC2C(CC(O)C3C2CCC2C3CC[C@@H](O)[C@H]2C)/C1=C(\CCC=C(C)C)C(=O)NCCCCCCNCCCCCCCCN. The molecule has 4 fully saturated rings. The molecule has 6 N–H and O–H groups in total. The van der Waals surface area contributed by atoms with Gasteiger partial charge in [-0.05, 0) is 158 Å². The number of hydrogen-bond acceptors (Lipinski definition) is 7. The highest BCUT2D eigenvalue weighted by Crippen LogP contribution is 2.60. The monoisotopic (exact) mass is 700 g/mol. The van der Waals surface area contributed by atoms with E-state index in [4.69, 9.17) is 10.5 Å². The second-order valence-electron chi connectivity index (χ2n) is 16.6. The van der Waals surface area contributed by atoms with Crippen LogP contribution in [0.5, 0.6) is 0 Å². The van der Waals surface area contributed by atoms with Gasteiger partial charge in [0, 0.05) is 19.0 Å². The molecule has 0 bridgehead atoms. The Bertz CT molecular complexity index is 1120. The van der Waals surface area contributed by atoms with Crippen molar-refractivity contribution in [2.75, 3.05) is 26.2 Å². The van der Waals surface area contributed by atoms with Gasteiger partial charge in [0.25, 0.3) is 0 Å². The van der Waals surface area contributed by atoms with E-state index in [0.29, 0.717) is 43.1 Å². The average Bonchev–Trinajstić information content (AvgIpc) is 3.42. The smallest absolute Gasteiger partial charge is 0.303 e. The van der Waals surface area contributed by atoms with Gasteiger partial charge >= 0.3 is 5.97 Å². The van der Waals surface area contributed by atoms with Crippen molar-refractivity contribution in [3.63, 3.8) is 0 Å². The van der Waals surface area contributed by atoms with Crippen molar-refractivity contribution in [2.24, 2.45) is 47.2 Å². The minimum absolute atomic E-state index is 0.0277. The van der Waals surface area contributed by atoms with Gasteiger partial charge in [-0.3, -0.25) is 9.59 Å². The normalized spacial score (nSPS) is 32.8. The van der Waals surface area contributed by atoms with E-state index >= 15 is 0 Å². The van der Waals surface area contributed by atoms with Crippen molar-refractivity contribution >= 4 is 11.9 Å². The number of amides is 1. The molecule has 0 aromatic rings. The average molecular weight is 700 g/mol. The van der Waals surface area contributed by atoms with Gasteiger partial charge in [-0.2, -0.15) is 0 Å². The first-order chi connectivity index (χ1) is 24.1. The molecule has 0 saturated heterocycles. The lowest BCUT2D eigenvalue weighted by Crippen LogP contribution is -2.53. The number of carbonyl (C=O) groups is 2. The summed E-state index contributed by atoms with van der Waals surface area (Å²) < 4.78 is 6.04. The van der Waals surface area contributed by atoms with E-state index in [0.717, 1.165) is 101 Å². The van der Waals surface area contributed by atoms with E-state index in [1.54, 1.807) is 0 Å². The van der Waals surface area contributed by atoms with Crippen LogP contribution >= 0.6 is 0 Å². The van der Waals surface area contributed by atoms with Crippen LogP contribution in [0.2, 0.25) is 0 Å². The zero-order valence-electron chi connectivity index (χ0n) is 32.1. The summed E-state index contributed by atoms with van der Waals surface area (Å²) in [4.78, 5) is 26.5. The van der Waals surface area contributed by atoms with Gasteiger partial charge in [-0.1, -0.05) is 57.1 Å². The summed E-state index contributed by atoms with van der Waals surface area (Å²) in [7, 11) is 0. The molecule has 8 heteroatoms. The van der Waals surface area contributed by atoms with Crippen molar-refractivity contribution in [3.8, 4) is 0 Å². The number of aliphatic hydroxyl groups is 2. The van der Waals surface area contributed by atoms with Gasteiger partial charge in [0.05, 0.1) is 12.2 Å². The predicted molar refractivity (Wildman–Crippen MR) is 202 cm³/mol. The molecule has 8 unspecified atom stereocenters. The molecule has 4 saturated carbocycles. The quantitative estimate of drug-likeness (QED) is 0.0401. The van der Waals surface area contributed by atoms with E-state index in [1.165, 1.54) is 44.6 Å².